The topological polar surface area (TPSA) is 133 Å². The molecule has 25 heavy (non-hydrogen) atoms. The predicted molar refractivity (Wildman–Crippen MR) is 84.3 cm³/mol. The molecule has 2 heterocycles. The van der Waals surface area contributed by atoms with Crippen LogP contribution in [0.25, 0.3) is 0 Å². The zero-order valence-electron chi connectivity index (χ0n) is 14.0. The van der Waals surface area contributed by atoms with Crippen LogP contribution < -0.4 is 5.32 Å². The van der Waals surface area contributed by atoms with Gasteiger partial charge in [0.15, 0.2) is 6.10 Å². The molecule has 0 unspecified atom stereocenters. The van der Waals surface area contributed by atoms with Crippen molar-refractivity contribution in [3.8, 4) is 0 Å². The molecule has 6 atom stereocenters. The van der Waals surface area contributed by atoms with Crippen LogP contribution in [0.15, 0.2) is 0 Å². The minimum absolute atomic E-state index is 0.0407. The van der Waals surface area contributed by atoms with Crippen molar-refractivity contribution in [2.24, 2.45) is 0 Å². The van der Waals surface area contributed by atoms with E-state index in [-0.39, 0.29) is 18.3 Å². The molecule has 2 aliphatic rings. The Hall–Kier alpha value is -1.53. The summed E-state index contributed by atoms with van der Waals surface area (Å²) in [6.07, 6.45) is -5.09. The third-order valence-electron chi connectivity index (χ3n) is 4.10. The lowest BCUT2D eigenvalue weighted by Crippen LogP contribution is -2.67. The standard InChI is InChI=1S/C14H21NO9S/c1-6(16)15-9-7(17)4-14(21-3,12(19)20-2)24-11(9)10(18)8-5-22-13(25)23-8/h7-11,17-18H,4-5H2,1-3H3,(H,15,16)/t7-,8+,9+,10+,11+,14-/m0/s1. The first-order chi connectivity index (χ1) is 11.7. The van der Waals surface area contributed by atoms with Crippen molar-refractivity contribution >= 4 is 29.3 Å². The van der Waals surface area contributed by atoms with Crippen LogP contribution >= 0.6 is 12.2 Å². The smallest absolute Gasteiger partial charge is 0.366 e. The second kappa shape index (κ2) is 7.79. The highest BCUT2D eigenvalue weighted by molar-refractivity contribution is 7.79. The van der Waals surface area contributed by atoms with Crippen LogP contribution in [0.5, 0.6) is 0 Å². The number of ether oxygens (including phenoxy) is 5. The number of nitrogens with one attached hydrogen (secondary N) is 1. The Morgan fingerprint density at radius 3 is 2.60 bits per heavy atom. The number of carbonyl (C=O) groups excluding carboxylic acids is 2. The van der Waals surface area contributed by atoms with E-state index in [0.717, 1.165) is 7.11 Å². The van der Waals surface area contributed by atoms with Gasteiger partial charge >= 0.3 is 11.2 Å². The highest BCUT2D eigenvalue weighted by atomic mass is 32.1. The van der Waals surface area contributed by atoms with E-state index in [1.54, 1.807) is 0 Å². The molecule has 2 rings (SSSR count). The molecule has 0 radical (unpaired) electrons. The normalized spacial score (nSPS) is 36.1. The Labute approximate surface area is 149 Å². The van der Waals surface area contributed by atoms with Gasteiger partial charge in [-0.3, -0.25) is 4.79 Å². The van der Waals surface area contributed by atoms with Gasteiger partial charge in [0.2, 0.25) is 5.91 Å². The average molecular weight is 379 g/mol. The molecule has 0 aromatic carbocycles. The fourth-order valence-electron chi connectivity index (χ4n) is 2.88. The Balaban J connectivity index is 2.31. The summed E-state index contributed by atoms with van der Waals surface area (Å²) in [4.78, 5) is 23.6. The van der Waals surface area contributed by atoms with Gasteiger partial charge in [-0.2, -0.15) is 0 Å². The molecule has 1 amide bonds. The Morgan fingerprint density at radius 2 is 2.12 bits per heavy atom. The van der Waals surface area contributed by atoms with Crippen LogP contribution in [0.4, 0.5) is 0 Å². The van der Waals surface area contributed by atoms with E-state index >= 15 is 0 Å². The number of hydrogen-bond acceptors (Lipinski definition) is 10. The Kier molecular flexibility index (Phi) is 6.16. The number of carbonyl (C=O) groups is 2. The highest BCUT2D eigenvalue weighted by Crippen LogP contribution is 2.34. The molecule has 0 saturated carbocycles. The SMILES string of the molecule is COC(=O)[C@]1(OC)C[C@H](O)[C@@H](NC(C)=O)[C@H]([C@H](O)[C@H]2COC(=S)O2)O1. The van der Waals surface area contributed by atoms with Crippen LogP contribution in [0.3, 0.4) is 0 Å². The first-order valence-corrected chi connectivity index (χ1v) is 7.93. The Bertz CT molecular complexity index is 544. The molecular weight excluding hydrogens is 358 g/mol. The molecule has 11 heteroatoms. The summed E-state index contributed by atoms with van der Waals surface area (Å²) in [7, 11) is 2.34. The van der Waals surface area contributed by atoms with Crippen LogP contribution in [-0.2, 0) is 33.3 Å². The van der Waals surface area contributed by atoms with E-state index in [1.807, 2.05) is 0 Å². The third kappa shape index (κ3) is 4.01. The van der Waals surface area contributed by atoms with Gasteiger partial charge in [0.1, 0.15) is 18.8 Å². The number of esters is 1. The lowest BCUT2D eigenvalue weighted by atomic mass is 9.88. The first kappa shape index (κ1) is 19.8. The summed E-state index contributed by atoms with van der Waals surface area (Å²) < 4.78 is 25.7. The van der Waals surface area contributed by atoms with Gasteiger partial charge in [0.05, 0.1) is 19.3 Å². The molecule has 2 fully saturated rings. The van der Waals surface area contributed by atoms with Crippen molar-refractivity contribution in [3.05, 3.63) is 0 Å². The molecule has 0 spiro atoms. The lowest BCUT2D eigenvalue weighted by Gasteiger charge is -2.46. The molecule has 0 aromatic heterocycles. The van der Waals surface area contributed by atoms with E-state index in [0.29, 0.717) is 0 Å². The lowest BCUT2D eigenvalue weighted by molar-refractivity contribution is -0.303. The zero-order valence-corrected chi connectivity index (χ0v) is 14.8. The van der Waals surface area contributed by atoms with Crippen molar-refractivity contribution < 1.29 is 43.5 Å². The van der Waals surface area contributed by atoms with E-state index in [9.17, 15) is 19.8 Å². The predicted octanol–water partition coefficient (Wildman–Crippen LogP) is -1.78. The van der Waals surface area contributed by atoms with Crippen molar-refractivity contribution in [2.75, 3.05) is 20.8 Å². The number of methoxy groups -OCH3 is 2. The van der Waals surface area contributed by atoms with Crippen LogP contribution in [-0.4, -0.2) is 84.4 Å². The van der Waals surface area contributed by atoms with E-state index in [1.165, 1.54) is 14.0 Å². The van der Waals surface area contributed by atoms with Gasteiger partial charge in [-0.05, 0) is 0 Å². The summed E-state index contributed by atoms with van der Waals surface area (Å²) in [6, 6.07) is -1.02. The first-order valence-electron chi connectivity index (χ1n) is 7.52. The quantitative estimate of drug-likeness (QED) is 0.372. The van der Waals surface area contributed by atoms with Crippen molar-refractivity contribution in [2.45, 2.75) is 49.6 Å². The molecule has 2 aliphatic heterocycles. The number of rotatable bonds is 5. The molecule has 3 N–H and O–H groups in total. The minimum atomic E-state index is -1.94. The number of aliphatic hydroxyl groups is 2. The van der Waals surface area contributed by atoms with Crippen LogP contribution in [0.1, 0.15) is 13.3 Å². The maximum atomic E-state index is 12.1. The number of thiocarbonyl (C=S) groups is 1. The summed E-state index contributed by atoms with van der Waals surface area (Å²) in [6.45, 7) is 1.21. The summed E-state index contributed by atoms with van der Waals surface area (Å²) in [5, 5.41) is 23.4. The summed E-state index contributed by atoms with van der Waals surface area (Å²) >= 11 is 4.75. The van der Waals surface area contributed by atoms with Gasteiger partial charge < -0.3 is 39.2 Å². The summed E-state index contributed by atoms with van der Waals surface area (Å²) in [5.74, 6) is -3.27. The average Bonchev–Trinajstić information content (AvgIpc) is 3.01. The van der Waals surface area contributed by atoms with E-state index in [2.05, 4.69) is 10.1 Å². The van der Waals surface area contributed by atoms with Crippen molar-refractivity contribution in [1.82, 2.24) is 5.32 Å². The molecular formula is C14H21NO9S. The fourth-order valence-corrected chi connectivity index (χ4v) is 3.07. The van der Waals surface area contributed by atoms with Gasteiger partial charge in [0.25, 0.3) is 5.79 Å². The molecule has 2 saturated heterocycles. The molecule has 142 valence electrons. The monoisotopic (exact) mass is 379 g/mol. The van der Waals surface area contributed by atoms with Crippen LogP contribution in [0.2, 0.25) is 0 Å². The number of aliphatic hydroxyl groups excluding tert-OH is 2. The third-order valence-corrected chi connectivity index (χ3v) is 4.31. The number of hydrogen-bond donors (Lipinski definition) is 3. The fraction of sp³-hybridized carbons (Fsp3) is 0.786. The van der Waals surface area contributed by atoms with Gasteiger partial charge in [0, 0.05) is 32.7 Å². The molecule has 0 bridgehead atoms. The molecule has 0 aliphatic carbocycles. The maximum Gasteiger partial charge on any atom is 0.366 e. The summed E-state index contributed by atoms with van der Waals surface area (Å²) in [5.41, 5.74) is 0. The van der Waals surface area contributed by atoms with Crippen molar-refractivity contribution in [3.63, 3.8) is 0 Å². The molecule has 10 nitrogen and oxygen atoms in total. The minimum Gasteiger partial charge on any atom is -0.465 e. The van der Waals surface area contributed by atoms with Crippen molar-refractivity contribution in [1.29, 1.82) is 0 Å². The number of amides is 1. The van der Waals surface area contributed by atoms with Gasteiger partial charge in [-0.1, -0.05) is 0 Å². The van der Waals surface area contributed by atoms with Gasteiger partial charge in [-0.15, -0.1) is 0 Å². The van der Waals surface area contributed by atoms with E-state index in [4.69, 9.17) is 31.2 Å². The van der Waals surface area contributed by atoms with Crippen LogP contribution in [0, 0.1) is 0 Å². The van der Waals surface area contributed by atoms with E-state index < -0.39 is 48.1 Å². The molecule has 0 aromatic rings. The highest BCUT2D eigenvalue weighted by Gasteiger charge is 2.56. The van der Waals surface area contributed by atoms with Gasteiger partial charge in [-0.25, -0.2) is 4.79 Å². The second-order valence-electron chi connectivity index (χ2n) is 5.74. The largest absolute Gasteiger partial charge is 0.465 e. The Morgan fingerprint density at radius 1 is 1.44 bits per heavy atom. The maximum absolute atomic E-state index is 12.1. The zero-order chi connectivity index (χ0) is 18.8. The second-order valence-corrected chi connectivity index (χ2v) is 6.07.